The molecule has 15 heavy (non-hydrogen) atoms. The Bertz CT molecular complexity index is 399. The van der Waals surface area contributed by atoms with Gasteiger partial charge in [-0.05, 0) is 13.3 Å². The first-order valence-corrected chi connectivity index (χ1v) is 6.20. The van der Waals surface area contributed by atoms with Crippen molar-refractivity contribution in [3.63, 3.8) is 0 Å². The number of rotatable bonds is 6. The molecule has 1 heterocycles. The van der Waals surface area contributed by atoms with Gasteiger partial charge in [-0.2, -0.15) is 0 Å². The van der Waals surface area contributed by atoms with Crippen LogP contribution >= 0.6 is 0 Å². The monoisotopic (exact) mass is 233 g/mol. The van der Waals surface area contributed by atoms with Gasteiger partial charge in [-0.25, -0.2) is 18.1 Å². The van der Waals surface area contributed by atoms with Crippen LogP contribution in [0.3, 0.4) is 0 Å². The molecule has 2 N–H and O–H groups in total. The average molecular weight is 233 g/mol. The summed E-state index contributed by atoms with van der Waals surface area (Å²) in [6.45, 7) is 2.76. The lowest BCUT2D eigenvalue weighted by Gasteiger charge is -2.01. The maximum atomic E-state index is 11.6. The standard InChI is InChI=1S/C8H15N3O3S/c1-2-11-6-8(9-7-11)15(13,14)10-4-3-5-12/h6-7,10,12H,2-5H2,1H3. The average Bonchev–Trinajstić information content (AvgIpc) is 2.66. The molecule has 1 aromatic rings. The van der Waals surface area contributed by atoms with Gasteiger partial charge in [0.05, 0.1) is 6.33 Å². The molecule has 0 aromatic carbocycles. The van der Waals surface area contributed by atoms with Crippen LogP contribution in [0.1, 0.15) is 13.3 Å². The molecule has 0 spiro atoms. The van der Waals surface area contributed by atoms with Crippen molar-refractivity contribution in [2.45, 2.75) is 24.9 Å². The fourth-order valence-corrected chi connectivity index (χ4v) is 2.03. The number of sulfonamides is 1. The third-order valence-corrected chi connectivity index (χ3v) is 3.22. The predicted molar refractivity (Wildman–Crippen MR) is 54.8 cm³/mol. The van der Waals surface area contributed by atoms with Crippen molar-refractivity contribution in [2.24, 2.45) is 0 Å². The van der Waals surface area contributed by atoms with Crippen LogP contribution in [0.2, 0.25) is 0 Å². The second-order valence-electron chi connectivity index (χ2n) is 3.02. The van der Waals surface area contributed by atoms with Crippen LogP contribution in [0.5, 0.6) is 0 Å². The second-order valence-corrected chi connectivity index (χ2v) is 4.73. The molecule has 0 bridgehead atoms. The normalized spacial score (nSPS) is 11.9. The van der Waals surface area contributed by atoms with Gasteiger partial charge >= 0.3 is 0 Å². The molecule has 0 radical (unpaired) electrons. The topological polar surface area (TPSA) is 84.2 Å². The van der Waals surface area contributed by atoms with Gasteiger partial charge in [-0.1, -0.05) is 0 Å². The van der Waals surface area contributed by atoms with Crippen LogP contribution in [-0.2, 0) is 16.6 Å². The minimum absolute atomic E-state index is 0.0160. The number of hydrogen-bond acceptors (Lipinski definition) is 4. The number of nitrogens with zero attached hydrogens (tertiary/aromatic N) is 2. The summed E-state index contributed by atoms with van der Waals surface area (Å²) < 4.78 is 27.2. The fourth-order valence-electron chi connectivity index (χ4n) is 1.01. The molecule has 6 nitrogen and oxygen atoms in total. The molecule has 0 aliphatic carbocycles. The zero-order valence-electron chi connectivity index (χ0n) is 8.55. The Hall–Kier alpha value is -0.920. The first-order chi connectivity index (χ1) is 7.10. The number of imidazole rings is 1. The van der Waals surface area contributed by atoms with Crippen molar-refractivity contribution in [2.75, 3.05) is 13.2 Å². The van der Waals surface area contributed by atoms with Crippen LogP contribution < -0.4 is 4.72 Å². The molecule has 86 valence electrons. The van der Waals surface area contributed by atoms with Crippen molar-refractivity contribution < 1.29 is 13.5 Å². The van der Waals surface area contributed by atoms with Crippen LogP contribution in [0.4, 0.5) is 0 Å². The number of aromatic nitrogens is 2. The molecule has 0 amide bonds. The Morgan fingerprint density at radius 2 is 2.33 bits per heavy atom. The zero-order valence-corrected chi connectivity index (χ0v) is 9.37. The third-order valence-electron chi connectivity index (χ3n) is 1.88. The summed E-state index contributed by atoms with van der Waals surface area (Å²) in [5.74, 6) is 0. The maximum absolute atomic E-state index is 11.6. The van der Waals surface area contributed by atoms with Crippen molar-refractivity contribution in [3.05, 3.63) is 12.5 Å². The van der Waals surface area contributed by atoms with Gasteiger partial charge in [0, 0.05) is 25.9 Å². The first-order valence-electron chi connectivity index (χ1n) is 4.72. The van der Waals surface area contributed by atoms with Gasteiger partial charge in [0.15, 0.2) is 5.03 Å². The molecule has 0 fully saturated rings. The Kier molecular flexibility index (Phi) is 4.25. The molecule has 0 aliphatic rings. The van der Waals surface area contributed by atoms with Gasteiger partial charge in [0.25, 0.3) is 10.0 Å². The number of aliphatic hydroxyl groups is 1. The van der Waals surface area contributed by atoms with Gasteiger partial charge in [-0.15, -0.1) is 0 Å². The number of hydrogen-bond donors (Lipinski definition) is 2. The summed E-state index contributed by atoms with van der Waals surface area (Å²) in [5, 5.41) is 8.54. The number of nitrogens with one attached hydrogen (secondary N) is 1. The second kappa shape index (κ2) is 5.24. The minimum atomic E-state index is -3.51. The van der Waals surface area contributed by atoms with Crippen molar-refractivity contribution >= 4 is 10.0 Å². The van der Waals surface area contributed by atoms with Gasteiger partial charge in [-0.3, -0.25) is 0 Å². The van der Waals surface area contributed by atoms with Gasteiger partial charge < -0.3 is 9.67 Å². The van der Waals surface area contributed by atoms with Crippen molar-refractivity contribution in [1.29, 1.82) is 0 Å². The Morgan fingerprint density at radius 1 is 1.60 bits per heavy atom. The number of aliphatic hydroxyl groups excluding tert-OH is 1. The van der Waals surface area contributed by atoms with E-state index in [4.69, 9.17) is 5.11 Å². The highest BCUT2D eigenvalue weighted by atomic mass is 32.2. The molecular formula is C8H15N3O3S. The lowest BCUT2D eigenvalue weighted by atomic mass is 10.5. The van der Waals surface area contributed by atoms with E-state index in [1.165, 1.54) is 12.5 Å². The van der Waals surface area contributed by atoms with E-state index in [1.54, 1.807) is 4.57 Å². The largest absolute Gasteiger partial charge is 0.396 e. The molecule has 1 aromatic heterocycles. The van der Waals surface area contributed by atoms with Crippen LogP contribution in [0.25, 0.3) is 0 Å². The smallest absolute Gasteiger partial charge is 0.259 e. The van der Waals surface area contributed by atoms with Crippen molar-refractivity contribution in [1.82, 2.24) is 14.3 Å². The SMILES string of the molecule is CCn1cnc(S(=O)(=O)NCCCO)c1. The van der Waals surface area contributed by atoms with E-state index in [0.29, 0.717) is 13.0 Å². The predicted octanol–water partition coefficient (Wildman–Crippen LogP) is -0.436. The quantitative estimate of drug-likeness (QED) is 0.653. The summed E-state index contributed by atoms with van der Waals surface area (Å²) in [6, 6.07) is 0. The summed E-state index contributed by atoms with van der Waals surface area (Å²) in [7, 11) is -3.51. The highest BCUT2D eigenvalue weighted by Crippen LogP contribution is 2.04. The van der Waals surface area contributed by atoms with Crippen LogP contribution in [0.15, 0.2) is 17.6 Å². The van der Waals surface area contributed by atoms with E-state index >= 15 is 0 Å². The molecule has 7 heteroatoms. The summed E-state index contributed by atoms with van der Waals surface area (Å²) >= 11 is 0. The first kappa shape index (κ1) is 12.2. The lowest BCUT2D eigenvalue weighted by Crippen LogP contribution is -2.25. The van der Waals surface area contributed by atoms with Crippen molar-refractivity contribution in [3.8, 4) is 0 Å². The third kappa shape index (κ3) is 3.29. The molecule has 0 aliphatic heterocycles. The van der Waals surface area contributed by atoms with E-state index in [1.807, 2.05) is 6.92 Å². The van der Waals surface area contributed by atoms with E-state index in [2.05, 4.69) is 9.71 Å². The summed E-state index contributed by atoms with van der Waals surface area (Å²) in [5.41, 5.74) is 0. The number of aryl methyl sites for hydroxylation is 1. The highest BCUT2D eigenvalue weighted by molar-refractivity contribution is 7.89. The van der Waals surface area contributed by atoms with Crippen LogP contribution in [-0.4, -0.2) is 36.2 Å². The van der Waals surface area contributed by atoms with Gasteiger partial charge in [0.2, 0.25) is 0 Å². The Labute approximate surface area is 89.0 Å². The molecule has 0 atom stereocenters. The molecular weight excluding hydrogens is 218 g/mol. The Balaban J connectivity index is 2.68. The lowest BCUT2D eigenvalue weighted by molar-refractivity contribution is 0.289. The van der Waals surface area contributed by atoms with E-state index in [9.17, 15) is 8.42 Å². The molecule has 0 saturated heterocycles. The maximum Gasteiger partial charge on any atom is 0.259 e. The molecule has 0 saturated carbocycles. The van der Waals surface area contributed by atoms with Gasteiger partial charge in [0.1, 0.15) is 0 Å². The van der Waals surface area contributed by atoms with E-state index < -0.39 is 10.0 Å². The highest BCUT2D eigenvalue weighted by Gasteiger charge is 2.15. The summed E-state index contributed by atoms with van der Waals surface area (Å²) in [4.78, 5) is 3.79. The minimum Gasteiger partial charge on any atom is -0.396 e. The molecule has 1 rings (SSSR count). The van der Waals surface area contributed by atoms with E-state index in [0.717, 1.165) is 0 Å². The summed E-state index contributed by atoms with van der Waals surface area (Å²) in [6.07, 6.45) is 3.34. The molecule has 0 unspecified atom stereocenters. The zero-order chi connectivity index (χ0) is 11.3. The Morgan fingerprint density at radius 3 is 2.87 bits per heavy atom. The van der Waals surface area contributed by atoms with Crippen LogP contribution in [0, 0.1) is 0 Å². The van der Waals surface area contributed by atoms with E-state index in [-0.39, 0.29) is 18.2 Å². The fraction of sp³-hybridized carbons (Fsp3) is 0.625.